The van der Waals surface area contributed by atoms with Gasteiger partial charge < -0.3 is 10.2 Å². The second-order valence-corrected chi connectivity index (χ2v) is 8.19. The van der Waals surface area contributed by atoms with Crippen LogP contribution in [0.25, 0.3) is 0 Å². The molecule has 134 valence electrons. The summed E-state index contributed by atoms with van der Waals surface area (Å²) in [5.41, 5.74) is 1.14. The summed E-state index contributed by atoms with van der Waals surface area (Å²) in [6, 6.07) is 7.90. The Morgan fingerprint density at radius 1 is 0.960 bits per heavy atom. The largest absolute Gasteiger partial charge is 0.349 e. The van der Waals surface area contributed by atoms with Gasteiger partial charge in [0, 0.05) is 29.9 Å². The fraction of sp³-hybridized carbons (Fsp3) is 0.600. The number of benzene rings is 1. The van der Waals surface area contributed by atoms with Crippen molar-refractivity contribution in [2.75, 3.05) is 13.1 Å². The van der Waals surface area contributed by atoms with E-state index in [0.29, 0.717) is 11.8 Å². The average molecular weight is 361 g/mol. The highest BCUT2D eigenvalue weighted by Crippen LogP contribution is 2.41. The third-order valence-electron chi connectivity index (χ3n) is 5.72. The molecule has 5 heteroatoms. The third-order valence-corrected chi connectivity index (χ3v) is 5.98. The number of likely N-dealkylation sites (tertiary alicyclic amines) is 1. The van der Waals surface area contributed by atoms with Crippen molar-refractivity contribution in [1.82, 2.24) is 10.2 Å². The molecule has 1 aliphatic heterocycles. The molecule has 0 bridgehead atoms. The van der Waals surface area contributed by atoms with Crippen molar-refractivity contribution in [3.8, 4) is 0 Å². The van der Waals surface area contributed by atoms with Crippen LogP contribution in [0.1, 0.15) is 50.1 Å². The molecule has 0 aromatic heterocycles. The Morgan fingerprint density at radius 3 is 2.16 bits per heavy atom. The molecular weight excluding hydrogens is 336 g/mol. The summed E-state index contributed by atoms with van der Waals surface area (Å²) >= 11 is 5.99. The molecule has 1 heterocycles. The van der Waals surface area contributed by atoms with E-state index in [9.17, 15) is 9.59 Å². The van der Waals surface area contributed by atoms with E-state index in [4.69, 9.17) is 11.6 Å². The van der Waals surface area contributed by atoms with Gasteiger partial charge in [0.25, 0.3) is 0 Å². The summed E-state index contributed by atoms with van der Waals surface area (Å²) in [5.74, 6) is 1.29. The van der Waals surface area contributed by atoms with Crippen LogP contribution in [0.4, 0.5) is 0 Å². The highest BCUT2D eigenvalue weighted by Gasteiger charge is 2.38. The Labute approximate surface area is 153 Å². The zero-order chi connectivity index (χ0) is 17.4. The molecule has 0 spiro atoms. The van der Waals surface area contributed by atoms with Gasteiger partial charge in [-0.05, 0) is 62.1 Å². The zero-order valence-corrected chi connectivity index (χ0v) is 15.2. The second-order valence-electron chi connectivity index (χ2n) is 7.75. The first kappa shape index (κ1) is 16.9. The van der Waals surface area contributed by atoms with Gasteiger partial charge in [0.15, 0.2) is 0 Å². The van der Waals surface area contributed by atoms with Crippen LogP contribution in [-0.2, 0) is 9.59 Å². The van der Waals surface area contributed by atoms with Gasteiger partial charge in [0.05, 0.1) is 6.04 Å². The van der Waals surface area contributed by atoms with Gasteiger partial charge in [0.1, 0.15) is 0 Å². The molecule has 3 aliphatic rings. The number of nitrogens with zero attached hydrogens (tertiary/aromatic N) is 1. The zero-order valence-electron chi connectivity index (χ0n) is 14.4. The van der Waals surface area contributed by atoms with Crippen LogP contribution in [0.5, 0.6) is 0 Å². The molecule has 1 N–H and O–H groups in total. The van der Waals surface area contributed by atoms with E-state index in [1.165, 1.54) is 12.8 Å². The summed E-state index contributed by atoms with van der Waals surface area (Å²) in [7, 11) is 0. The molecule has 2 aliphatic carbocycles. The van der Waals surface area contributed by atoms with Gasteiger partial charge >= 0.3 is 0 Å². The van der Waals surface area contributed by atoms with Crippen molar-refractivity contribution in [3.63, 3.8) is 0 Å². The lowest BCUT2D eigenvalue weighted by atomic mass is 9.94. The Balaban J connectivity index is 1.34. The number of piperidine rings is 1. The topological polar surface area (TPSA) is 49.4 Å². The van der Waals surface area contributed by atoms with Gasteiger partial charge in [0.2, 0.25) is 11.8 Å². The summed E-state index contributed by atoms with van der Waals surface area (Å²) in [6.07, 6.45) is 5.99. The van der Waals surface area contributed by atoms with E-state index in [-0.39, 0.29) is 23.8 Å². The molecule has 2 amide bonds. The number of nitrogens with one attached hydrogen (secondary N) is 1. The standard InChI is InChI=1S/C20H25ClN2O2/c21-17-7-5-14(6-8-17)18(13-1-2-13)22-19(24)15-9-11-23(12-10-15)20(25)16-3-4-16/h5-8,13,15-16,18H,1-4,9-12H2,(H,22,24). The number of carbonyl (C=O) groups excluding carboxylic acids is 2. The fourth-order valence-corrected chi connectivity index (χ4v) is 3.92. The fourth-order valence-electron chi connectivity index (χ4n) is 3.79. The van der Waals surface area contributed by atoms with E-state index in [0.717, 1.165) is 49.4 Å². The van der Waals surface area contributed by atoms with Crippen molar-refractivity contribution in [2.45, 2.75) is 44.6 Å². The number of hydrogen-bond donors (Lipinski definition) is 1. The Hall–Kier alpha value is -1.55. The average Bonchev–Trinajstić information content (AvgIpc) is 3.52. The van der Waals surface area contributed by atoms with E-state index >= 15 is 0 Å². The van der Waals surface area contributed by atoms with E-state index in [1.54, 1.807) is 0 Å². The van der Waals surface area contributed by atoms with Crippen molar-refractivity contribution in [3.05, 3.63) is 34.9 Å². The number of halogens is 1. The Bertz CT molecular complexity index is 644. The number of rotatable bonds is 5. The molecule has 3 fully saturated rings. The first-order valence-corrected chi connectivity index (χ1v) is 9.84. The van der Waals surface area contributed by atoms with Crippen LogP contribution in [0.3, 0.4) is 0 Å². The SMILES string of the molecule is O=C(NC(c1ccc(Cl)cc1)C1CC1)C1CCN(C(=O)C2CC2)CC1. The normalized spacial score (nSPS) is 22.5. The molecule has 4 rings (SSSR count). The molecule has 1 unspecified atom stereocenters. The monoisotopic (exact) mass is 360 g/mol. The third kappa shape index (κ3) is 4.00. The Kier molecular flexibility index (Phi) is 4.72. The molecule has 1 aromatic carbocycles. The molecule has 1 saturated heterocycles. The lowest BCUT2D eigenvalue weighted by Gasteiger charge is -2.32. The summed E-state index contributed by atoms with van der Waals surface area (Å²) in [6.45, 7) is 1.45. The van der Waals surface area contributed by atoms with Crippen LogP contribution in [-0.4, -0.2) is 29.8 Å². The maximum Gasteiger partial charge on any atom is 0.225 e. The molecule has 4 nitrogen and oxygen atoms in total. The summed E-state index contributed by atoms with van der Waals surface area (Å²) in [5, 5.41) is 4.00. The highest BCUT2D eigenvalue weighted by molar-refractivity contribution is 6.30. The maximum atomic E-state index is 12.8. The van der Waals surface area contributed by atoms with Crippen LogP contribution in [0, 0.1) is 17.8 Å². The minimum absolute atomic E-state index is 0.0248. The smallest absolute Gasteiger partial charge is 0.225 e. The Morgan fingerprint density at radius 2 is 1.60 bits per heavy atom. The minimum atomic E-state index is 0.0248. The predicted octanol–water partition coefficient (Wildman–Crippen LogP) is 3.56. The summed E-state index contributed by atoms with van der Waals surface area (Å²) in [4.78, 5) is 26.9. The minimum Gasteiger partial charge on any atom is -0.349 e. The van der Waals surface area contributed by atoms with Crippen LogP contribution in [0.2, 0.25) is 5.02 Å². The quantitative estimate of drug-likeness (QED) is 0.872. The van der Waals surface area contributed by atoms with Gasteiger partial charge in [-0.1, -0.05) is 23.7 Å². The highest BCUT2D eigenvalue weighted by atomic mass is 35.5. The summed E-state index contributed by atoms with van der Waals surface area (Å²) < 4.78 is 0. The van der Waals surface area contributed by atoms with E-state index < -0.39 is 0 Å². The van der Waals surface area contributed by atoms with Crippen LogP contribution < -0.4 is 5.32 Å². The number of hydrogen-bond acceptors (Lipinski definition) is 2. The predicted molar refractivity (Wildman–Crippen MR) is 97.1 cm³/mol. The first-order chi connectivity index (χ1) is 12.1. The number of carbonyl (C=O) groups is 2. The molecule has 1 aromatic rings. The van der Waals surface area contributed by atoms with Crippen molar-refractivity contribution < 1.29 is 9.59 Å². The molecule has 0 radical (unpaired) electrons. The van der Waals surface area contributed by atoms with Crippen molar-refractivity contribution >= 4 is 23.4 Å². The van der Waals surface area contributed by atoms with Crippen LogP contribution in [0.15, 0.2) is 24.3 Å². The van der Waals surface area contributed by atoms with E-state index in [2.05, 4.69) is 5.32 Å². The molecular formula is C20H25ClN2O2. The van der Waals surface area contributed by atoms with Gasteiger partial charge in [-0.25, -0.2) is 0 Å². The lowest BCUT2D eigenvalue weighted by Crippen LogP contribution is -2.44. The lowest BCUT2D eigenvalue weighted by molar-refractivity contribution is -0.136. The molecule has 2 saturated carbocycles. The van der Waals surface area contributed by atoms with Gasteiger partial charge in [-0.3, -0.25) is 9.59 Å². The number of amides is 2. The van der Waals surface area contributed by atoms with Crippen molar-refractivity contribution in [1.29, 1.82) is 0 Å². The van der Waals surface area contributed by atoms with Gasteiger partial charge in [-0.2, -0.15) is 0 Å². The van der Waals surface area contributed by atoms with E-state index in [1.807, 2.05) is 29.2 Å². The van der Waals surface area contributed by atoms with Crippen molar-refractivity contribution in [2.24, 2.45) is 17.8 Å². The molecule has 1 atom stereocenters. The second kappa shape index (κ2) is 6.99. The first-order valence-electron chi connectivity index (χ1n) is 9.46. The maximum absolute atomic E-state index is 12.8. The van der Waals surface area contributed by atoms with Gasteiger partial charge in [-0.15, -0.1) is 0 Å². The molecule has 25 heavy (non-hydrogen) atoms. The van der Waals surface area contributed by atoms with Crippen LogP contribution >= 0.6 is 11.6 Å².